The van der Waals surface area contributed by atoms with Crippen molar-refractivity contribution < 1.29 is 14.3 Å². The van der Waals surface area contributed by atoms with Gasteiger partial charge in [-0.15, -0.1) is 0 Å². The van der Waals surface area contributed by atoms with Crippen LogP contribution in [0.4, 0.5) is 11.7 Å². The molecule has 2 rings (SSSR count). The molecule has 0 saturated carbocycles. The van der Waals surface area contributed by atoms with E-state index in [0.717, 1.165) is 23.1 Å². The summed E-state index contributed by atoms with van der Waals surface area (Å²) >= 11 is 0. The van der Waals surface area contributed by atoms with E-state index >= 15 is 0 Å². The topological polar surface area (TPSA) is 75.4 Å². The average molecular weight is 232 g/mol. The van der Waals surface area contributed by atoms with Gasteiger partial charge in [-0.1, -0.05) is 18.2 Å². The summed E-state index contributed by atoms with van der Waals surface area (Å²) in [7, 11) is 0. The molecule has 0 amide bonds. The minimum Gasteiger partial charge on any atom is -0.476 e. The van der Waals surface area contributed by atoms with Gasteiger partial charge >= 0.3 is 5.97 Å². The van der Waals surface area contributed by atoms with Crippen LogP contribution in [0.15, 0.2) is 28.9 Å². The highest BCUT2D eigenvalue weighted by Gasteiger charge is 2.11. The Bertz CT molecular complexity index is 540. The predicted octanol–water partition coefficient (Wildman–Crippen LogP) is 2.73. The first-order valence-electron chi connectivity index (χ1n) is 5.10. The SMILES string of the molecule is Cc1cccc(C)c1Nc1nc(C(=O)O)co1. The van der Waals surface area contributed by atoms with Gasteiger partial charge in [-0.3, -0.25) is 0 Å². The zero-order valence-electron chi connectivity index (χ0n) is 9.52. The molecule has 0 unspecified atom stereocenters. The highest BCUT2D eigenvalue weighted by Crippen LogP contribution is 2.23. The average Bonchev–Trinajstić information content (AvgIpc) is 2.72. The maximum Gasteiger partial charge on any atom is 0.357 e. The first-order chi connectivity index (χ1) is 8.08. The fourth-order valence-electron chi connectivity index (χ4n) is 1.55. The van der Waals surface area contributed by atoms with Crippen molar-refractivity contribution in [2.75, 3.05) is 5.32 Å². The van der Waals surface area contributed by atoms with Gasteiger partial charge in [0.25, 0.3) is 6.01 Å². The summed E-state index contributed by atoms with van der Waals surface area (Å²) in [4.78, 5) is 14.5. The summed E-state index contributed by atoms with van der Waals surface area (Å²) < 4.78 is 5.04. The number of carboxylic acid groups (broad SMARTS) is 1. The van der Waals surface area contributed by atoms with Crippen molar-refractivity contribution in [3.8, 4) is 0 Å². The Morgan fingerprint density at radius 2 is 2.00 bits per heavy atom. The Morgan fingerprint density at radius 1 is 1.35 bits per heavy atom. The van der Waals surface area contributed by atoms with Crippen LogP contribution < -0.4 is 5.32 Å². The number of hydrogen-bond acceptors (Lipinski definition) is 4. The van der Waals surface area contributed by atoms with Crippen molar-refractivity contribution in [1.29, 1.82) is 0 Å². The van der Waals surface area contributed by atoms with Gasteiger partial charge in [0.15, 0.2) is 5.69 Å². The van der Waals surface area contributed by atoms with Crippen LogP contribution >= 0.6 is 0 Å². The third-order valence-corrected chi connectivity index (χ3v) is 2.44. The molecule has 0 aliphatic heterocycles. The first-order valence-corrected chi connectivity index (χ1v) is 5.10. The van der Waals surface area contributed by atoms with Gasteiger partial charge in [-0.2, -0.15) is 4.98 Å². The minimum atomic E-state index is -1.11. The second-order valence-electron chi connectivity index (χ2n) is 3.73. The van der Waals surface area contributed by atoms with E-state index in [1.54, 1.807) is 0 Å². The minimum absolute atomic E-state index is 0.112. The molecule has 0 aliphatic rings. The molecule has 5 heteroatoms. The normalized spacial score (nSPS) is 10.2. The van der Waals surface area contributed by atoms with Crippen molar-refractivity contribution in [3.63, 3.8) is 0 Å². The molecule has 0 radical (unpaired) electrons. The van der Waals surface area contributed by atoms with Crippen LogP contribution in [0, 0.1) is 13.8 Å². The Balaban J connectivity index is 2.28. The molecule has 1 heterocycles. The van der Waals surface area contributed by atoms with Crippen molar-refractivity contribution in [1.82, 2.24) is 4.98 Å². The van der Waals surface area contributed by atoms with E-state index in [1.807, 2.05) is 32.0 Å². The fourth-order valence-corrected chi connectivity index (χ4v) is 1.55. The Morgan fingerprint density at radius 3 is 2.53 bits per heavy atom. The van der Waals surface area contributed by atoms with Crippen LogP contribution in [0.5, 0.6) is 0 Å². The van der Waals surface area contributed by atoms with E-state index in [9.17, 15) is 4.79 Å². The van der Waals surface area contributed by atoms with Crippen LogP contribution in [-0.2, 0) is 0 Å². The number of carbonyl (C=O) groups is 1. The Labute approximate surface area is 98.1 Å². The van der Waals surface area contributed by atoms with Crippen LogP contribution in [0.3, 0.4) is 0 Å². The van der Waals surface area contributed by atoms with Crippen molar-refractivity contribution in [3.05, 3.63) is 41.3 Å². The number of nitrogens with zero attached hydrogens (tertiary/aromatic N) is 1. The summed E-state index contributed by atoms with van der Waals surface area (Å²) in [5, 5.41) is 11.7. The van der Waals surface area contributed by atoms with Crippen LogP contribution in [-0.4, -0.2) is 16.1 Å². The smallest absolute Gasteiger partial charge is 0.357 e. The van der Waals surface area contributed by atoms with Gasteiger partial charge < -0.3 is 14.8 Å². The van der Waals surface area contributed by atoms with Gasteiger partial charge in [-0.05, 0) is 25.0 Å². The number of carboxylic acids is 1. The molecule has 1 aromatic carbocycles. The molecule has 17 heavy (non-hydrogen) atoms. The summed E-state index contributed by atoms with van der Waals surface area (Å²) in [6.07, 6.45) is 1.11. The number of aromatic nitrogens is 1. The van der Waals surface area contributed by atoms with Gasteiger partial charge in [0.1, 0.15) is 6.26 Å². The largest absolute Gasteiger partial charge is 0.476 e. The lowest BCUT2D eigenvalue weighted by molar-refractivity contribution is 0.0690. The summed E-state index contributed by atoms with van der Waals surface area (Å²) in [6, 6.07) is 6.04. The second kappa shape index (κ2) is 4.29. The van der Waals surface area contributed by atoms with Gasteiger partial charge in [0.05, 0.1) is 0 Å². The zero-order valence-corrected chi connectivity index (χ0v) is 9.52. The molecule has 88 valence electrons. The molecule has 0 fully saturated rings. The molecule has 5 nitrogen and oxygen atoms in total. The van der Waals surface area contributed by atoms with Crippen LogP contribution in [0.2, 0.25) is 0 Å². The molecule has 2 aromatic rings. The molecule has 0 bridgehead atoms. The summed E-state index contributed by atoms with van der Waals surface area (Å²) in [5.74, 6) is -1.11. The van der Waals surface area contributed by atoms with E-state index in [4.69, 9.17) is 9.52 Å². The molecular formula is C12H12N2O3. The van der Waals surface area contributed by atoms with Crippen molar-refractivity contribution in [2.24, 2.45) is 0 Å². The highest BCUT2D eigenvalue weighted by atomic mass is 16.4. The number of oxazole rings is 1. The highest BCUT2D eigenvalue weighted by molar-refractivity contribution is 5.85. The van der Waals surface area contributed by atoms with Crippen molar-refractivity contribution in [2.45, 2.75) is 13.8 Å². The van der Waals surface area contributed by atoms with Gasteiger partial charge in [0.2, 0.25) is 0 Å². The lowest BCUT2D eigenvalue weighted by atomic mass is 10.1. The number of nitrogens with one attached hydrogen (secondary N) is 1. The van der Waals surface area contributed by atoms with E-state index < -0.39 is 5.97 Å². The Hall–Kier alpha value is -2.30. The molecule has 0 saturated heterocycles. The van der Waals surface area contributed by atoms with Crippen LogP contribution in [0.25, 0.3) is 0 Å². The standard InChI is InChI=1S/C12H12N2O3/c1-7-4-3-5-8(2)10(7)14-12-13-9(6-17-12)11(15)16/h3-6H,1-2H3,(H,13,14)(H,15,16). The van der Waals surface area contributed by atoms with Crippen LogP contribution in [0.1, 0.15) is 21.6 Å². The third kappa shape index (κ3) is 2.28. The van der Waals surface area contributed by atoms with E-state index in [0.29, 0.717) is 0 Å². The van der Waals surface area contributed by atoms with Gasteiger partial charge in [-0.25, -0.2) is 4.79 Å². The maximum atomic E-state index is 10.7. The Kier molecular flexibility index (Phi) is 2.82. The van der Waals surface area contributed by atoms with E-state index in [-0.39, 0.29) is 11.7 Å². The second-order valence-corrected chi connectivity index (χ2v) is 3.73. The monoisotopic (exact) mass is 232 g/mol. The lowest BCUT2D eigenvalue weighted by Gasteiger charge is -2.08. The number of rotatable bonds is 3. The van der Waals surface area contributed by atoms with E-state index in [2.05, 4.69) is 10.3 Å². The first kappa shape index (κ1) is 11.2. The lowest BCUT2D eigenvalue weighted by Crippen LogP contribution is -1.99. The van der Waals surface area contributed by atoms with Crippen molar-refractivity contribution >= 4 is 17.7 Å². The maximum absolute atomic E-state index is 10.7. The zero-order chi connectivity index (χ0) is 12.4. The summed E-state index contributed by atoms with van der Waals surface area (Å²) in [6.45, 7) is 3.91. The number of benzene rings is 1. The molecule has 0 spiro atoms. The molecular weight excluding hydrogens is 220 g/mol. The number of aryl methyl sites for hydroxylation is 2. The predicted molar refractivity (Wildman–Crippen MR) is 62.7 cm³/mol. The summed E-state index contributed by atoms with van der Waals surface area (Å²) in [5.41, 5.74) is 2.85. The third-order valence-electron chi connectivity index (χ3n) is 2.44. The molecule has 0 atom stereocenters. The quantitative estimate of drug-likeness (QED) is 0.850. The molecule has 2 N–H and O–H groups in total. The number of aromatic carboxylic acids is 1. The number of para-hydroxylation sites is 1. The van der Waals surface area contributed by atoms with E-state index in [1.165, 1.54) is 0 Å². The van der Waals surface area contributed by atoms with Gasteiger partial charge in [0, 0.05) is 5.69 Å². The number of hydrogen-bond donors (Lipinski definition) is 2. The number of anilines is 2. The molecule has 1 aromatic heterocycles. The molecule has 0 aliphatic carbocycles. The fraction of sp³-hybridized carbons (Fsp3) is 0.167.